The molecule has 0 bridgehead atoms. The zero-order valence-corrected chi connectivity index (χ0v) is 8.02. The van der Waals surface area contributed by atoms with Gasteiger partial charge in [-0.2, -0.15) is 0 Å². The lowest BCUT2D eigenvalue weighted by atomic mass is 10.3. The summed E-state index contributed by atoms with van der Waals surface area (Å²) < 4.78 is 1.60. The van der Waals surface area contributed by atoms with Crippen molar-refractivity contribution in [1.29, 1.82) is 0 Å². The second-order valence-electron chi connectivity index (χ2n) is 2.91. The number of hydrogen-bond acceptors (Lipinski definition) is 3. The van der Waals surface area contributed by atoms with E-state index in [1.165, 1.54) is 12.4 Å². The molecule has 2 heterocycles. The Morgan fingerprint density at radius 2 is 2.36 bits per heavy atom. The minimum Gasteiger partial charge on any atom is -0.329 e. The van der Waals surface area contributed by atoms with Crippen molar-refractivity contribution in [2.24, 2.45) is 7.05 Å². The average molecular weight is 212 g/mol. The summed E-state index contributed by atoms with van der Waals surface area (Å²) in [5.41, 5.74) is 0.582. The maximum Gasteiger partial charge on any atom is 0.296 e. The number of nitro groups is 1. The van der Waals surface area contributed by atoms with E-state index >= 15 is 0 Å². The first-order chi connectivity index (χ1) is 6.59. The maximum atomic E-state index is 10.7. The van der Waals surface area contributed by atoms with Gasteiger partial charge in [-0.15, -0.1) is 0 Å². The Hall–Kier alpha value is -1.62. The van der Waals surface area contributed by atoms with Crippen molar-refractivity contribution >= 4 is 28.3 Å². The van der Waals surface area contributed by atoms with E-state index in [9.17, 15) is 10.1 Å². The molecule has 2 rings (SSSR count). The van der Waals surface area contributed by atoms with Crippen LogP contribution in [0.5, 0.6) is 0 Å². The minimum atomic E-state index is -0.444. The van der Waals surface area contributed by atoms with Crippen LogP contribution in [-0.4, -0.2) is 14.5 Å². The molecule has 0 saturated carbocycles. The van der Waals surface area contributed by atoms with Crippen LogP contribution in [0.25, 0.3) is 11.0 Å². The summed E-state index contributed by atoms with van der Waals surface area (Å²) in [6, 6.07) is 1.54. The summed E-state index contributed by atoms with van der Waals surface area (Å²) >= 11 is 5.71. The Morgan fingerprint density at radius 1 is 1.64 bits per heavy atom. The first kappa shape index (κ1) is 8.96. The number of fused-ring (bicyclic) bond motifs is 1. The molecule has 2 aromatic heterocycles. The zero-order valence-electron chi connectivity index (χ0n) is 7.27. The number of rotatable bonds is 1. The largest absolute Gasteiger partial charge is 0.329 e. The number of aryl methyl sites for hydroxylation is 1. The molecule has 72 valence electrons. The molecule has 0 fully saturated rings. The van der Waals surface area contributed by atoms with Crippen LogP contribution in [0.2, 0.25) is 5.02 Å². The molecule has 6 heteroatoms. The van der Waals surface area contributed by atoms with Crippen LogP contribution in [0.4, 0.5) is 5.69 Å². The van der Waals surface area contributed by atoms with Gasteiger partial charge in [0.15, 0.2) is 0 Å². The highest BCUT2D eigenvalue weighted by Crippen LogP contribution is 2.27. The Balaban J connectivity index is 2.85. The molecule has 0 N–H and O–H groups in total. The lowest BCUT2D eigenvalue weighted by Gasteiger charge is -1.92. The van der Waals surface area contributed by atoms with Crippen molar-refractivity contribution in [3.05, 3.63) is 33.6 Å². The van der Waals surface area contributed by atoms with Gasteiger partial charge in [0, 0.05) is 13.2 Å². The monoisotopic (exact) mass is 211 g/mol. The molecule has 0 aliphatic heterocycles. The molecule has 0 spiro atoms. The van der Waals surface area contributed by atoms with E-state index in [0.717, 1.165) is 0 Å². The van der Waals surface area contributed by atoms with Gasteiger partial charge in [-0.1, -0.05) is 11.6 Å². The summed E-state index contributed by atoms with van der Waals surface area (Å²) in [5.74, 6) is 0. The van der Waals surface area contributed by atoms with E-state index in [4.69, 9.17) is 11.6 Å². The van der Waals surface area contributed by atoms with Gasteiger partial charge in [0.25, 0.3) is 5.69 Å². The Morgan fingerprint density at radius 3 is 3.00 bits per heavy atom. The van der Waals surface area contributed by atoms with Gasteiger partial charge in [0.2, 0.25) is 0 Å². The van der Waals surface area contributed by atoms with Crippen molar-refractivity contribution in [1.82, 2.24) is 9.55 Å². The molecule has 14 heavy (non-hydrogen) atoms. The summed E-state index contributed by atoms with van der Waals surface area (Å²) in [6.07, 6.45) is 2.89. The number of pyridine rings is 1. The fourth-order valence-electron chi connectivity index (χ4n) is 1.36. The van der Waals surface area contributed by atoms with Crippen molar-refractivity contribution < 1.29 is 4.92 Å². The van der Waals surface area contributed by atoms with Crippen LogP contribution in [0, 0.1) is 10.1 Å². The second kappa shape index (κ2) is 2.95. The first-order valence-corrected chi connectivity index (χ1v) is 4.22. The Labute approximate surface area is 84.1 Å². The molecular weight excluding hydrogens is 206 g/mol. The molecule has 0 radical (unpaired) electrons. The van der Waals surface area contributed by atoms with E-state index < -0.39 is 4.92 Å². The number of halogens is 1. The average Bonchev–Trinajstić information content (AvgIpc) is 2.43. The standard InChI is InChI=1S/C8H6ClN3O2/c1-11-4-7(12(13)14)6-2-5(9)3-10-8(6)11/h2-4H,1H3. The maximum absolute atomic E-state index is 10.7. The van der Waals surface area contributed by atoms with Crippen LogP contribution < -0.4 is 0 Å². The van der Waals surface area contributed by atoms with Crippen LogP contribution in [0.3, 0.4) is 0 Å². The highest BCUT2D eigenvalue weighted by atomic mass is 35.5. The Bertz CT molecular complexity index is 521. The number of aromatic nitrogens is 2. The normalized spacial score (nSPS) is 10.7. The Kier molecular flexibility index (Phi) is 1.89. The molecule has 5 nitrogen and oxygen atoms in total. The minimum absolute atomic E-state index is 0.0255. The quantitative estimate of drug-likeness (QED) is 0.536. The fourth-order valence-corrected chi connectivity index (χ4v) is 1.52. The molecular formula is C8H6ClN3O2. The summed E-state index contributed by atoms with van der Waals surface area (Å²) in [6.45, 7) is 0. The zero-order chi connectivity index (χ0) is 10.3. The molecule has 0 atom stereocenters. The van der Waals surface area contributed by atoms with Crippen molar-refractivity contribution in [3.63, 3.8) is 0 Å². The van der Waals surface area contributed by atoms with Gasteiger partial charge in [-0.05, 0) is 6.07 Å². The van der Waals surface area contributed by atoms with Crippen molar-refractivity contribution in [2.75, 3.05) is 0 Å². The summed E-state index contributed by atoms with van der Waals surface area (Å²) in [5, 5.41) is 11.5. The molecule has 0 aromatic carbocycles. The lowest BCUT2D eigenvalue weighted by molar-refractivity contribution is -0.383. The van der Waals surface area contributed by atoms with E-state index in [0.29, 0.717) is 16.1 Å². The number of hydrogen-bond donors (Lipinski definition) is 0. The first-order valence-electron chi connectivity index (χ1n) is 3.84. The summed E-state index contributed by atoms with van der Waals surface area (Å²) in [4.78, 5) is 14.2. The third kappa shape index (κ3) is 1.22. The van der Waals surface area contributed by atoms with Gasteiger partial charge in [-0.3, -0.25) is 10.1 Å². The predicted octanol–water partition coefficient (Wildman–Crippen LogP) is 2.13. The topological polar surface area (TPSA) is 61.0 Å². The van der Waals surface area contributed by atoms with Gasteiger partial charge in [0.1, 0.15) is 5.65 Å². The van der Waals surface area contributed by atoms with Gasteiger partial charge >= 0.3 is 0 Å². The van der Waals surface area contributed by atoms with Gasteiger partial charge in [-0.25, -0.2) is 4.98 Å². The van der Waals surface area contributed by atoms with E-state index in [2.05, 4.69) is 4.98 Å². The molecule has 0 amide bonds. The van der Waals surface area contributed by atoms with Gasteiger partial charge in [0.05, 0.1) is 21.5 Å². The van der Waals surface area contributed by atoms with E-state index in [1.807, 2.05) is 0 Å². The third-order valence-electron chi connectivity index (χ3n) is 1.96. The van der Waals surface area contributed by atoms with Gasteiger partial charge < -0.3 is 4.57 Å². The molecule has 0 aliphatic carbocycles. The van der Waals surface area contributed by atoms with E-state index in [1.54, 1.807) is 17.7 Å². The fraction of sp³-hybridized carbons (Fsp3) is 0.125. The highest BCUT2D eigenvalue weighted by Gasteiger charge is 2.16. The van der Waals surface area contributed by atoms with Crippen molar-refractivity contribution in [3.8, 4) is 0 Å². The van der Waals surface area contributed by atoms with Crippen LogP contribution >= 0.6 is 11.6 Å². The van der Waals surface area contributed by atoms with Crippen LogP contribution in [0.15, 0.2) is 18.5 Å². The van der Waals surface area contributed by atoms with Crippen LogP contribution in [-0.2, 0) is 7.05 Å². The summed E-state index contributed by atoms with van der Waals surface area (Å²) in [7, 11) is 1.70. The molecule has 0 aliphatic rings. The van der Waals surface area contributed by atoms with Crippen LogP contribution in [0.1, 0.15) is 0 Å². The van der Waals surface area contributed by atoms with E-state index in [-0.39, 0.29) is 5.69 Å². The lowest BCUT2D eigenvalue weighted by Crippen LogP contribution is -1.86. The smallest absolute Gasteiger partial charge is 0.296 e. The SMILES string of the molecule is Cn1cc([N+](=O)[O-])c2cc(Cl)cnc21. The van der Waals surface area contributed by atoms with Crippen molar-refractivity contribution in [2.45, 2.75) is 0 Å². The third-order valence-corrected chi connectivity index (χ3v) is 2.16. The molecule has 0 unspecified atom stereocenters. The predicted molar refractivity (Wildman–Crippen MR) is 52.4 cm³/mol. The number of nitrogens with zero attached hydrogens (tertiary/aromatic N) is 3. The second-order valence-corrected chi connectivity index (χ2v) is 3.34. The molecule has 0 saturated heterocycles. The highest BCUT2D eigenvalue weighted by molar-refractivity contribution is 6.31. The molecule has 2 aromatic rings.